The third-order valence-corrected chi connectivity index (χ3v) is 6.43. The van der Waals surface area contributed by atoms with Crippen molar-refractivity contribution < 1.29 is 4.79 Å². The van der Waals surface area contributed by atoms with Gasteiger partial charge in [0.2, 0.25) is 0 Å². The maximum absolute atomic E-state index is 13.0. The predicted molar refractivity (Wildman–Crippen MR) is 115 cm³/mol. The fourth-order valence-electron chi connectivity index (χ4n) is 3.00. The Labute approximate surface area is 168 Å². The van der Waals surface area contributed by atoms with E-state index >= 15 is 0 Å². The first kappa shape index (κ1) is 18.0. The van der Waals surface area contributed by atoms with E-state index < -0.39 is 0 Å². The molecule has 3 aromatic rings. The fourth-order valence-corrected chi connectivity index (χ4v) is 4.87. The zero-order chi connectivity index (χ0) is 18.5. The number of anilines is 2. The first-order chi connectivity index (χ1) is 13.3. The van der Waals surface area contributed by atoms with Crippen molar-refractivity contribution in [3.63, 3.8) is 0 Å². The Bertz CT molecular complexity index is 885. The summed E-state index contributed by atoms with van der Waals surface area (Å²) < 4.78 is 0. The summed E-state index contributed by atoms with van der Waals surface area (Å²) in [5, 5.41) is 3.08. The summed E-state index contributed by atoms with van der Waals surface area (Å²) >= 11 is 3.54. The van der Waals surface area contributed by atoms with Gasteiger partial charge in [-0.05, 0) is 29.8 Å². The predicted octanol–water partition coefficient (Wildman–Crippen LogP) is 5.93. The molecule has 27 heavy (non-hydrogen) atoms. The third kappa shape index (κ3) is 4.15. The van der Waals surface area contributed by atoms with Gasteiger partial charge >= 0.3 is 6.03 Å². The van der Waals surface area contributed by atoms with Crippen molar-refractivity contribution in [2.45, 2.75) is 15.5 Å². The molecule has 0 radical (unpaired) electrons. The van der Waals surface area contributed by atoms with E-state index in [2.05, 4.69) is 41.7 Å². The number of hydrogen-bond acceptors (Lipinski definition) is 3. The van der Waals surface area contributed by atoms with Crippen LogP contribution < -0.4 is 10.2 Å². The summed E-state index contributed by atoms with van der Waals surface area (Å²) in [7, 11) is 0. The molecule has 2 amide bonds. The van der Waals surface area contributed by atoms with Crippen LogP contribution in [0.25, 0.3) is 0 Å². The monoisotopic (exact) mass is 392 g/mol. The van der Waals surface area contributed by atoms with Crippen LogP contribution in [-0.4, -0.2) is 18.3 Å². The van der Waals surface area contributed by atoms with E-state index in [0.717, 1.165) is 32.7 Å². The molecule has 3 aromatic carbocycles. The van der Waals surface area contributed by atoms with Gasteiger partial charge in [0, 0.05) is 27.8 Å². The Kier molecular flexibility index (Phi) is 5.70. The number of rotatable bonds is 5. The van der Waals surface area contributed by atoms with Gasteiger partial charge in [0.15, 0.2) is 0 Å². The number of fused-ring (bicyclic) bond motifs is 2. The van der Waals surface area contributed by atoms with E-state index in [1.807, 2.05) is 54.2 Å². The summed E-state index contributed by atoms with van der Waals surface area (Å²) in [6, 6.07) is 26.4. The van der Waals surface area contributed by atoms with Crippen LogP contribution in [0.2, 0.25) is 0 Å². The molecule has 0 saturated heterocycles. The molecule has 0 bridgehead atoms. The molecule has 3 nitrogen and oxygen atoms in total. The standard InChI is InChI=1S/C22H20N2OS2/c25-22(23-14-15-26-16-17-8-2-1-3-9-17)24-18-10-4-6-12-20(18)27-21-13-7-5-11-19(21)24/h1-13H,14-16H2,(H,23,25). The molecular weight excluding hydrogens is 372 g/mol. The van der Waals surface area contributed by atoms with Gasteiger partial charge in [-0.2, -0.15) is 11.8 Å². The van der Waals surface area contributed by atoms with E-state index in [1.54, 1.807) is 16.7 Å². The molecule has 4 rings (SSSR count). The van der Waals surface area contributed by atoms with Crippen molar-refractivity contribution >= 4 is 40.9 Å². The Morgan fingerprint density at radius 3 is 2.11 bits per heavy atom. The second-order valence-corrected chi connectivity index (χ2v) is 8.33. The van der Waals surface area contributed by atoms with Gasteiger partial charge in [0.25, 0.3) is 0 Å². The van der Waals surface area contributed by atoms with Crippen LogP contribution in [0.5, 0.6) is 0 Å². The first-order valence-corrected chi connectivity index (χ1v) is 10.9. The first-order valence-electron chi connectivity index (χ1n) is 8.88. The zero-order valence-corrected chi connectivity index (χ0v) is 16.4. The number of nitrogens with zero attached hydrogens (tertiary/aromatic N) is 1. The second kappa shape index (κ2) is 8.55. The third-order valence-electron chi connectivity index (χ3n) is 4.27. The van der Waals surface area contributed by atoms with Gasteiger partial charge in [0.05, 0.1) is 11.4 Å². The van der Waals surface area contributed by atoms with Gasteiger partial charge in [-0.3, -0.25) is 4.90 Å². The number of carbonyl (C=O) groups is 1. The largest absolute Gasteiger partial charge is 0.337 e. The number of amides is 2. The molecule has 5 heteroatoms. The molecule has 0 spiro atoms. The number of hydrogen-bond donors (Lipinski definition) is 1. The lowest BCUT2D eigenvalue weighted by Gasteiger charge is -2.31. The average Bonchev–Trinajstić information content (AvgIpc) is 2.72. The fraction of sp³-hybridized carbons (Fsp3) is 0.136. The molecule has 1 N–H and O–H groups in total. The minimum atomic E-state index is -0.0736. The van der Waals surface area contributed by atoms with Crippen molar-refractivity contribution in [2.75, 3.05) is 17.2 Å². The van der Waals surface area contributed by atoms with Crippen LogP contribution in [-0.2, 0) is 5.75 Å². The Balaban J connectivity index is 1.40. The lowest BCUT2D eigenvalue weighted by Crippen LogP contribution is -2.39. The minimum Gasteiger partial charge on any atom is -0.337 e. The van der Waals surface area contributed by atoms with Crippen LogP contribution in [0.3, 0.4) is 0 Å². The Hall–Kier alpha value is -2.37. The van der Waals surface area contributed by atoms with Gasteiger partial charge in [-0.25, -0.2) is 4.79 Å². The molecular formula is C22H20N2OS2. The number of carbonyl (C=O) groups excluding carboxylic acids is 1. The highest BCUT2D eigenvalue weighted by Crippen LogP contribution is 2.47. The van der Waals surface area contributed by atoms with Crippen molar-refractivity contribution in [3.8, 4) is 0 Å². The molecule has 1 aliphatic rings. The van der Waals surface area contributed by atoms with Crippen molar-refractivity contribution in [1.82, 2.24) is 5.32 Å². The van der Waals surface area contributed by atoms with Crippen LogP contribution in [0, 0.1) is 0 Å². The molecule has 1 heterocycles. The van der Waals surface area contributed by atoms with Gasteiger partial charge in [-0.1, -0.05) is 66.4 Å². The van der Waals surface area contributed by atoms with Gasteiger partial charge < -0.3 is 5.32 Å². The molecule has 1 aliphatic heterocycles. The summed E-state index contributed by atoms with van der Waals surface area (Å²) in [6.07, 6.45) is 0. The Morgan fingerprint density at radius 1 is 0.852 bits per heavy atom. The van der Waals surface area contributed by atoms with E-state index in [1.165, 1.54) is 5.56 Å². The van der Waals surface area contributed by atoms with Crippen LogP contribution in [0.4, 0.5) is 16.2 Å². The highest BCUT2D eigenvalue weighted by atomic mass is 32.2. The zero-order valence-electron chi connectivity index (χ0n) is 14.8. The molecule has 0 atom stereocenters. The minimum absolute atomic E-state index is 0.0736. The van der Waals surface area contributed by atoms with Gasteiger partial charge in [0.1, 0.15) is 0 Å². The summed E-state index contributed by atoms with van der Waals surface area (Å²) in [6.45, 7) is 0.643. The quantitative estimate of drug-likeness (QED) is 0.546. The maximum Gasteiger partial charge on any atom is 0.326 e. The second-order valence-electron chi connectivity index (χ2n) is 6.14. The molecule has 0 saturated carbocycles. The number of para-hydroxylation sites is 2. The summed E-state index contributed by atoms with van der Waals surface area (Å²) in [5.41, 5.74) is 3.19. The smallest absolute Gasteiger partial charge is 0.326 e. The van der Waals surface area contributed by atoms with Crippen LogP contribution >= 0.6 is 23.5 Å². The Morgan fingerprint density at radius 2 is 1.44 bits per heavy atom. The normalized spacial score (nSPS) is 12.2. The van der Waals surface area contributed by atoms with E-state index in [-0.39, 0.29) is 6.03 Å². The summed E-state index contributed by atoms with van der Waals surface area (Å²) in [5.74, 6) is 1.84. The maximum atomic E-state index is 13.0. The topological polar surface area (TPSA) is 32.3 Å². The molecule has 0 aromatic heterocycles. The number of thioether (sulfide) groups is 1. The lowest BCUT2D eigenvalue weighted by molar-refractivity contribution is 0.249. The van der Waals surface area contributed by atoms with Crippen molar-refractivity contribution in [2.24, 2.45) is 0 Å². The molecule has 0 unspecified atom stereocenters. The van der Waals surface area contributed by atoms with Crippen molar-refractivity contribution in [3.05, 3.63) is 84.4 Å². The van der Waals surface area contributed by atoms with E-state index in [4.69, 9.17) is 0 Å². The molecule has 0 aliphatic carbocycles. The average molecular weight is 393 g/mol. The lowest BCUT2D eigenvalue weighted by atomic mass is 10.2. The van der Waals surface area contributed by atoms with Crippen LogP contribution in [0.15, 0.2) is 88.7 Å². The highest BCUT2D eigenvalue weighted by Gasteiger charge is 2.27. The number of urea groups is 1. The number of benzene rings is 3. The number of nitrogens with one attached hydrogen (secondary N) is 1. The SMILES string of the molecule is O=C(NCCSCc1ccccc1)N1c2ccccc2Sc2ccccc21. The summed E-state index contributed by atoms with van der Waals surface area (Å²) in [4.78, 5) is 17.0. The molecule has 0 fully saturated rings. The highest BCUT2D eigenvalue weighted by molar-refractivity contribution is 7.99. The van der Waals surface area contributed by atoms with Crippen LogP contribution in [0.1, 0.15) is 5.56 Å². The van der Waals surface area contributed by atoms with Crippen molar-refractivity contribution in [1.29, 1.82) is 0 Å². The molecule has 136 valence electrons. The van der Waals surface area contributed by atoms with E-state index in [9.17, 15) is 4.79 Å². The van der Waals surface area contributed by atoms with Gasteiger partial charge in [-0.15, -0.1) is 0 Å². The van der Waals surface area contributed by atoms with E-state index in [0.29, 0.717) is 6.54 Å².